The largest absolute Gasteiger partial charge is 1.00 e. The first-order valence-electron chi connectivity index (χ1n) is 8.91. The van der Waals surface area contributed by atoms with Crippen LogP contribution in [0.4, 0.5) is 0 Å². The first-order chi connectivity index (χ1) is 10.3. The van der Waals surface area contributed by atoms with E-state index in [1.54, 1.807) is 5.57 Å². The molecule has 0 heterocycles. The van der Waals surface area contributed by atoms with Gasteiger partial charge in [0.1, 0.15) is 0 Å². The molecule has 3 rings (SSSR count). The summed E-state index contributed by atoms with van der Waals surface area (Å²) in [7, 11) is 0. The third kappa shape index (κ3) is 2.85. The van der Waals surface area contributed by atoms with E-state index in [1.807, 2.05) is 6.92 Å². The quantitative estimate of drug-likeness (QED) is 0.698. The number of carboxylic acids is 1. The summed E-state index contributed by atoms with van der Waals surface area (Å²) in [5.74, 6) is 0.538. The van der Waals surface area contributed by atoms with Crippen LogP contribution in [0.3, 0.4) is 0 Å². The molecule has 0 aromatic rings. The van der Waals surface area contributed by atoms with Crippen molar-refractivity contribution in [2.75, 3.05) is 0 Å². The Morgan fingerprint density at radius 1 is 1.30 bits per heavy atom. The molecule has 0 amide bonds. The number of carbonyl (C=O) groups excluding carboxylic acids is 1. The first-order valence-corrected chi connectivity index (χ1v) is 8.91. The molecule has 3 heteroatoms. The Morgan fingerprint density at radius 2 is 2.00 bits per heavy atom. The first kappa shape index (κ1) is 18.8. The van der Waals surface area contributed by atoms with E-state index in [1.165, 1.54) is 18.4 Å². The molecule has 0 aromatic carbocycles. The predicted octanol–water partition coefficient (Wildman–Crippen LogP) is 3.87. The van der Waals surface area contributed by atoms with Crippen molar-refractivity contribution < 1.29 is 27.0 Å². The number of hydrogen-bond acceptors (Lipinski definition) is 2. The third-order valence-corrected chi connectivity index (χ3v) is 7.05. The van der Waals surface area contributed by atoms with Crippen LogP contribution in [0.2, 0.25) is 0 Å². The molecule has 0 bridgehead atoms. The zero-order valence-electron chi connectivity index (χ0n) is 14.7. The van der Waals surface area contributed by atoms with Gasteiger partial charge in [0.05, 0.1) is 0 Å². The van der Waals surface area contributed by atoms with E-state index in [0.29, 0.717) is 11.8 Å². The van der Waals surface area contributed by atoms with Crippen molar-refractivity contribution in [3.8, 4) is 0 Å². The van der Waals surface area contributed by atoms with Crippen LogP contribution in [0.1, 0.15) is 66.2 Å². The van der Waals surface area contributed by atoms with Crippen molar-refractivity contribution >= 4 is 5.97 Å². The van der Waals surface area contributed by atoms with Gasteiger partial charge in [-0.05, 0) is 60.8 Å². The number of hydrogen-bond donors (Lipinski definition) is 0. The van der Waals surface area contributed by atoms with E-state index in [4.69, 9.17) is 0 Å². The van der Waals surface area contributed by atoms with Gasteiger partial charge in [-0.3, -0.25) is 0 Å². The average molecular weight is 365 g/mol. The normalized spacial score (nSPS) is 39.5. The molecule has 132 valence electrons. The third-order valence-electron chi connectivity index (χ3n) is 7.05. The number of allylic oxidation sites excluding steroid dienone is 4. The van der Waals surface area contributed by atoms with Crippen molar-refractivity contribution in [2.24, 2.45) is 28.6 Å². The number of fused-ring (bicyclic) bond motifs is 3. The maximum atomic E-state index is 11.8. The summed E-state index contributed by atoms with van der Waals surface area (Å²) in [4.78, 5) is 11.8. The Morgan fingerprint density at radius 3 is 2.61 bits per heavy atom. The van der Waals surface area contributed by atoms with Crippen molar-refractivity contribution in [1.82, 2.24) is 0 Å². The van der Waals surface area contributed by atoms with Crippen LogP contribution in [0.25, 0.3) is 0 Å². The van der Waals surface area contributed by atoms with Crippen molar-refractivity contribution in [2.45, 2.75) is 66.2 Å². The molecule has 1 fully saturated rings. The van der Waals surface area contributed by atoms with Gasteiger partial charge in [0.15, 0.2) is 0 Å². The summed E-state index contributed by atoms with van der Waals surface area (Å²) < 4.78 is 0. The fraction of sp³-hybridized carbons (Fsp3) is 0.750. The second-order valence-electron chi connectivity index (χ2n) is 8.52. The zero-order chi connectivity index (χ0) is 16.1. The summed E-state index contributed by atoms with van der Waals surface area (Å²) in [6, 6.07) is 0. The predicted molar refractivity (Wildman–Crippen MR) is 86.9 cm³/mol. The summed E-state index contributed by atoms with van der Waals surface area (Å²) in [5.41, 5.74) is 2.51. The van der Waals surface area contributed by atoms with Gasteiger partial charge < -0.3 is 9.90 Å². The van der Waals surface area contributed by atoms with Gasteiger partial charge >= 0.3 is 17.1 Å². The van der Waals surface area contributed by atoms with E-state index < -0.39 is 11.4 Å². The molecule has 0 aromatic heterocycles. The topological polar surface area (TPSA) is 40.1 Å². The monoisotopic (exact) mass is 364 g/mol. The van der Waals surface area contributed by atoms with Crippen molar-refractivity contribution in [3.63, 3.8) is 0 Å². The molecule has 3 aliphatic carbocycles. The summed E-state index contributed by atoms with van der Waals surface area (Å²) in [6.45, 7) is 8.83. The van der Waals surface area contributed by atoms with Gasteiger partial charge in [-0.2, -0.15) is 0 Å². The number of rotatable bonds is 2. The summed E-state index contributed by atoms with van der Waals surface area (Å²) in [6.07, 6.45) is 11.0. The zero-order valence-corrected chi connectivity index (χ0v) is 15.7. The van der Waals surface area contributed by atoms with Gasteiger partial charge in [-0.1, -0.05) is 51.8 Å². The molecule has 0 aliphatic heterocycles. The van der Waals surface area contributed by atoms with Crippen molar-refractivity contribution in [1.29, 1.82) is 0 Å². The summed E-state index contributed by atoms with van der Waals surface area (Å²) >= 11 is 0. The second kappa shape index (κ2) is 6.41. The van der Waals surface area contributed by atoms with Crippen LogP contribution in [0.5, 0.6) is 0 Å². The van der Waals surface area contributed by atoms with Gasteiger partial charge in [0, 0.05) is 11.4 Å². The number of aliphatic carboxylic acids is 1. The van der Waals surface area contributed by atoms with Crippen LogP contribution in [0, 0.1) is 28.6 Å². The van der Waals surface area contributed by atoms with Crippen LogP contribution in [-0.4, -0.2) is 5.97 Å². The molecule has 23 heavy (non-hydrogen) atoms. The van der Waals surface area contributed by atoms with Crippen LogP contribution in [-0.2, 0) is 21.9 Å². The van der Waals surface area contributed by atoms with E-state index in [-0.39, 0.29) is 28.4 Å². The Hall–Kier alpha value is -0.531. The molecular formula is C20H29CuO2. The van der Waals surface area contributed by atoms with E-state index >= 15 is 0 Å². The Bertz CT molecular complexity index is 548. The SMILES string of the molecule is CC(C)C1=CC2=CC[C@@H]3[C@](C)(CCC[C@@]3(C)C(=O)[O-])[C@H]2CC1.[Cu+]. The molecule has 0 spiro atoms. The minimum absolute atomic E-state index is 0. The average Bonchev–Trinajstić information content (AvgIpc) is 2.46. The minimum atomic E-state index is -0.838. The fourth-order valence-electron chi connectivity index (χ4n) is 5.59. The molecule has 4 atom stereocenters. The standard InChI is InChI=1S/C20H30O2.Cu/c1-13(2)14-6-8-16-15(12-14)7-9-17-19(16,3)10-5-11-20(17,4)18(21)22;/h7,12-13,16-17H,5-6,8-11H2,1-4H3,(H,21,22);/q;+1/p-1/t16-,17+,19+,20+;/m0./s1. The van der Waals surface area contributed by atoms with Gasteiger partial charge in [-0.15, -0.1) is 0 Å². The molecule has 0 N–H and O–H groups in total. The molecule has 1 saturated carbocycles. The molecular weight excluding hydrogens is 336 g/mol. The van der Waals surface area contributed by atoms with Crippen molar-refractivity contribution in [3.05, 3.63) is 23.3 Å². The molecule has 0 saturated heterocycles. The fourth-order valence-corrected chi connectivity index (χ4v) is 5.59. The minimum Gasteiger partial charge on any atom is -0.550 e. The second-order valence-corrected chi connectivity index (χ2v) is 8.52. The Kier molecular flexibility index (Phi) is 5.24. The number of carbonyl (C=O) groups is 1. The molecule has 0 radical (unpaired) electrons. The summed E-state index contributed by atoms with van der Waals surface area (Å²) in [5, 5.41) is 11.8. The Labute approximate surface area is 151 Å². The molecule has 0 unspecified atom stereocenters. The van der Waals surface area contributed by atoms with Gasteiger partial charge in [0.25, 0.3) is 0 Å². The van der Waals surface area contributed by atoms with Crippen LogP contribution in [0.15, 0.2) is 23.3 Å². The molecule has 2 nitrogen and oxygen atoms in total. The maximum absolute atomic E-state index is 11.8. The van der Waals surface area contributed by atoms with E-state index in [9.17, 15) is 9.90 Å². The molecule has 3 aliphatic rings. The Balaban J connectivity index is 0.00000192. The smallest absolute Gasteiger partial charge is 0.550 e. The van der Waals surface area contributed by atoms with E-state index in [0.717, 1.165) is 25.7 Å². The van der Waals surface area contributed by atoms with Gasteiger partial charge in [-0.25, -0.2) is 0 Å². The van der Waals surface area contributed by atoms with Crippen LogP contribution >= 0.6 is 0 Å². The van der Waals surface area contributed by atoms with Gasteiger partial charge in [0.2, 0.25) is 0 Å². The number of carboxylic acid groups (broad SMARTS) is 1. The van der Waals surface area contributed by atoms with E-state index in [2.05, 4.69) is 32.9 Å². The maximum Gasteiger partial charge on any atom is 1.00 e. The van der Waals surface area contributed by atoms with Crippen LogP contribution < -0.4 is 5.11 Å².